The molecule has 0 aromatic rings. The molecular formula is C10H16I2O2. The number of allylic oxidation sites excluding steroid dienone is 1. The molecule has 0 aromatic carbocycles. The summed E-state index contributed by atoms with van der Waals surface area (Å²) >= 11 is 4.52. The monoisotopic (exact) mass is 422 g/mol. The quantitative estimate of drug-likeness (QED) is 0.388. The number of carbonyl (C=O) groups excluding carboxylic acids is 1. The number of hydrogen-bond acceptors (Lipinski definition) is 2. The molecular weight excluding hydrogens is 406 g/mol. The van der Waals surface area contributed by atoms with Crippen LogP contribution in [0.25, 0.3) is 0 Å². The minimum atomic E-state index is -0.381. The number of unbranched alkanes of at least 4 members (excludes halogenated alkanes) is 1. The van der Waals surface area contributed by atoms with Gasteiger partial charge in [-0.05, 0) is 78.8 Å². The van der Waals surface area contributed by atoms with Crippen molar-refractivity contribution >= 4 is 51.2 Å². The fourth-order valence-electron chi connectivity index (χ4n) is 0.676. The zero-order valence-electron chi connectivity index (χ0n) is 8.77. The Morgan fingerprint density at radius 1 is 1.36 bits per heavy atom. The Hall–Kier alpha value is 0.670. The highest BCUT2D eigenvalue weighted by atomic mass is 127. The maximum Gasteiger partial charge on any atom is 0.311 e. The molecule has 14 heavy (non-hydrogen) atoms. The molecule has 0 rings (SSSR count). The number of carbonyl (C=O) groups is 1. The second-order valence-corrected chi connectivity index (χ2v) is 8.41. The van der Waals surface area contributed by atoms with Gasteiger partial charge in [0, 0.05) is 1.59 Å². The average Bonchev–Trinajstić information content (AvgIpc) is 2.01. The van der Waals surface area contributed by atoms with Gasteiger partial charge in [-0.1, -0.05) is 6.08 Å². The van der Waals surface area contributed by atoms with Crippen LogP contribution in [0.15, 0.2) is 7.66 Å². The van der Waals surface area contributed by atoms with Gasteiger partial charge in [-0.15, -0.1) is 0 Å². The Kier molecular flexibility index (Phi) is 7.36. The van der Waals surface area contributed by atoms with Crippen molar-refractivity contribution in [2.24, 2.45) is 5.41 Å². The summed E-state index contributed by atoms with van der Waals surface area (Å²) in [6.45, 7) is 6.11. The lowest BCUT2D eigenvalue weighted by molar-refractivity contribution is -0.152. The maximum atomic E-state index is 11.3. The van der Waals surface area contributed by atoms with Crippen molar-refractivity contribution in [3.8, 4) is 0 Å². The maximum absolute atomic E-state index is 11.3. The number of esters is 1. The lowest BCUT2D eigenvalue weighted by Crippen LogP contribution is -2.23. The lowest BCUT2D eigenvalue weighted by Gasteiger charge is -2.16. The van der Waals surface area contributed by atoms with Crippen molar-refractivity contribution in [2.75, 3.05) is 6.61 Å². The van der Waals surface area contributed by atoms with Crippen molar-refractivity contribution in [1.82, 2.24) is 0 Å². The van der Waals surface area contributed by atoms with Gasteiger partial charge in [0.05, 0.1) is 12.0 Å². The van der Waals surface area contributed by atoms with Crippen LogP contribution in [0.5, 0.6) is 0 Å². The van der Waals surface area contributed by atoms with Crippen LogP contribution in [-0.4, -0.2) is 12.6 Å². The van der Waals surface area contributed by atoms with Crippen LogP contribution < -0.4 is 0 Å². The summed E-state index contributed by atoms with van der Waals surface area (Å²) in [5.41, 5.74) is -0.381. The summed E-state index contributed by atoms with van der Waals surface area (Å²) in [7, 11) is 0. The topological polar surface area (TPSA) is 26.3 Å². The summed E-state index contributed by atoms with van der Waals surface area (Å²) in [6, 6.07) is 0. The molecule has 0 saturated heterocycles. The number of halogens is 2. The van der Waals surface area contributed by atoms with E-state index in [1.165, 1.54) is 1.59 Å². The van der Waals surface area contributed by atoms with Gasteiger partial charge in [0.1, 0.15) is 0 Å². The molecule has 4 heteroatoms. The Morgan fingerprint density at radius 2 is 1.93 bits per heavy atom. The van der Waals surface area contributed by atoms with Crippen LogP contribution in [-0.2, 0) is 9.53 Å². The molecule has 0 N–H and O–H groups in total. The highest BCUT2D eigenvalue weighted by Crippen LogP contribution is 2.17. The summed E-state index contributed by atoms with van der Waals surface area (Å²) in [4.78, 5) is 11.3. The third-order valence-corrected chi connectivity index (χ3v) is 2.37. The smallest absolute Gasteiger partial charge is 0.311 e. The summed E-state index contributed by atoms with van der Waals surface area (Å²) in [5, 5.41) is 0. The van der Waals surface area contributed by atoms with E-state index >= 15 is 0 Å². The van der Waals surface area contributed by atoms with Crippen molar-refractivity contribution in [1.29, 1.82) is 0 Å². The number of ether oxygens (including phenoxy) is 1. The van der Waals surface area contributed by atoms with E-state index in [4.69, 9.17) is 4.74 Å². The SMILES string of the molecule is CC(C)(C)C(=O)OCCCC=C(I)I. The minimum absolute atomic E-state index is 0.120. The zero-order valence-corrected chi connectivity index (χ0v) is 13.1. The van der Waals surface area contributed by atoms with Crippen molar-refractivity contribution in [3.63, 3.8) is 0 Å². The fraction of sp³-hybridized carbons (Fsp3) is 0.700. The molecule has 0 fully saturated rings. The van der Waals surface area contributed by atoms with Gasteiger partial charge >= 0.3 is 5.97 Å². The second-order valence-electron chi connectivity index (χ2n) is 4.02. The molecule has 0 aliphatic carbocycles. The van der Waals surface area contributed by atoms with E-state index in [1.54, 1.807) is 0 Å². The molecule has 82 valence electrons. The third-order valence-electron chi connectivity index (χ3n) is 1.49. The Morgan fingerprint density at radius 3 is 2.36 bits per heavy atom. The van der Waals surface area contributed by atoms with Gasteiger partial charge in [-0.2, -0.15) is 0 Å². The molecule has 0 aromatic heterocycles. The van der Waals surface area contributed by atoms with Crippen molar-refractivity contribution in [2.45, 2.75) is 33.6 Å². The molecule has 0 aliphatic heterocycles. The van der Waals surface area contributed by atoms with Gasteiger partial charge in [-0.25, -0.2) is 0 Å². The van der Waals surface area contributed by atoms with Crippen LogP contribution in [0.4, 0.5) is 0 Å². The highest BCUT2D eigenvalue weighted by Gasteiger charge is 2.22. The predicted molar refractivity (Wildman–Crippen MR) is 75.8 cm³/mol. The molecule has 0 radical (unpaired) electrons. The van der Waals surface area contributed by atoms with E-state index in [-0.39, 0.29) is 11.4 Å². The molecule has 0 amide bonds. The van der Waals surface area contributed by atoms with Crippen LogP contribution in [0.2, 0.25) is 0 Å². The van der Waals surface area contributed by atoms with E-state index in [0.29, 0.717) is 6.61 Å². The fourth-order valence-corrected chi connectivity index (χ4v) is 1.30. The predicted octanol–water partition coefficient (Wildman–Crippen LogP) is 4.07. The van der Waals surface area contributed by atoms with Crippen molar-refractivity contribution < 1.29 is 9.53 Å². The Balaban J connectivity index is 3.56. The molecule has 0 heterocycles. The summed E-state index contributed by atoms with van der Waals surface area (Å²) in [6.07, 6.45) is 4.00. The molecule has 0 bridgehead atoms. The molecule has 0 aliphatic rings. The number of rotatable bonds is 4. The lowest BCUT2D eigenvalue weighted by atomic mass is 9.97. The minimum Gasteiger partial charge on any atom is -0.465 e. The first-order chi connectivity index (χ1) is 6.34. The molecule has 2 nitrogen and oxygen atoms in total. The standard InChI is InChI=1S/C10H16I2O2/c1-10(2,3)9(13)14-7-5-4-6-8(11)12/h6H,4-5,7H2,1-3H3. The van der Waals surface area contributed by atoms with Crippen LogP contribution in [0, 0.1) is 5.41 Å². The van der Waals surface area contributed by atoms with Crippen molar-refractivity contribution in [3.05, 3.63) is 7.66 Å². The van der Waals surface area contributed by atoms with Crippen LogP contribution >= 0.6 is 45.2 Å². The molecule has 0 spiro atoms. The highest BCUT2D eigenvalue weighted by molar-refractivity contribution is 14.2. The zero-order chi connectivity index (χ0) is 11.2. The first-order valence-electron chi connectivity index (χ1n) is 4.52. The molecule has 0 saturated carbocycles. The van der Waals surface area contributed by atoms with Crippen LogP contribution in [0.1, 0.15) is 33.6 Å². The van der Waals surface area contributed by atoms with Gasteiger partial charge in [0.2, 0.25) is 0 Å². The van der Waals surface area contributed by atoms with Gasteiger partial charge in [0.15, 0.2) is 0 Å². The molecule has 0 atom stereocenters. The van der Waals surface area contributed by atoms with E-state index in [2.05, 4.69) is 51.3 Å². The first kappa shape index (κ1) is 14.7. The Labute approximate surface area is 113 Å². The normalized spacial score (nSPS) is 10.9. The van der Waals surface area contributed by atoms with Gasteiger partial charge < -0.3 is 4.74 Å². The third kappa shape index (κ3) is 8.02. The summed E-state index contributed by atoms with van der Waals surface area (Å²) < 4.78 is 6.37. The second kappa shape index (κ2) is 7.03. The van der Waals surface area contributed by atoms with E-state index in [1.807, 2.05) is 20.8 Å². The number of hydrogen-bond donors (Lipinski definition) is 0. The summed E-state index contributed by atoms with van der Waals surface area (Å²) in [5.74, 6) is -0.120. The Bertz CT molecular complexity index is 213. The van der Waals surface area contributed by atoms with Gasteiger partial charge in [0.25, 0.3) is 0 Å². The van der Waals surface area contributed by atoms with E-state index in [0.717, 1.165) is 12.8 Å². The first-order valence-corrected chi connectivity index (χ1v) is 6.68. The molecule has 0 unspecified atom stereocenters. The van der Waals surface area contributed by atoms with E-state index < -0.39 is 0 Å². The average molecular weight is 422 g/mol. The van der Waals surface area contributed by atoms with Crippen LogP contribution in [0.3, 0.4) is 0 Å². The largest absolute Gasteiger partial charge is 0.465 e. The van der Waals surface area contributed by atoms with E-state index in [9.17, 15) is 4.79 Å². The van der Waals surface area contributed by atoms with Gasteiger partial charge in [-0.3, -0.25) is 4.79 Å².